The molecule has 0 saturated carbocycles. The van der Waals surface area contributed by atoms with Crippen LogP contribution < -0.4 is 9.47 Å². The SMILES string of the molecule is COc1ccc(SC(C)C(=O)Oc2ccc(Br)cc2F)cc1. The minimum Gasteiger partial charge on any atom is -0.497 e. The van der Waals surface area contributed by atoms with E-state index in [-0.39, 0.29) is 5.75 Å². The molecule has 0 aliphatic rings. The van der Waals surface area contributed by atoms with Crippen LogP contribution >= 0.6 is 27.7 Å². The third-order valence-corrected chi connectivity index (χ3v) is 4.39. The first-order valence-electron chi connectivity index (χ1n) is 6.47. The summed E-state index contributed by atoms with van der Waals surface area (Å²) in [5, 5.41) is -0.462. The Kier molecular flexibility index (Phi) is 5.85. The smallest absolute Gasteiger partial charge is 0.324 e. The molecule has 0 saturated heterocycles. The fraction of sp³-hybridized carbons (Fsp3) is 0.188. The van der Waals surface area contributed by atoms with E-state index in [1.54, 1.807) is 20.1 Å². The summed E-state index contributed by atoms with van der Waals surface area (Å²) in [4.78, 5) is 12.9. The van der Waals surface area contributed by atoms with Crippen LogP contribution in [-0.2, 0) is 4.79 Å². The fourth-order valence-electron chi connectivity index (χ4n) is 1.66. The van der Waals surface area contributed by atoms with Crippen molar-refractivity contribution in [1.29, 1.82) is 0 Å². The van der Waals surface area contributed by atoms with E-state index >= 15 is 0 Å². The van der Waals surface area contributed by atoms with Crippen LogP contribution in [0.15, 0.2) is 51.8 Å². The number of hydrogen-bond acceptors (Lipinski definition) is 4. The molecule has 2 rings (SSSR count). The molecule has 0 aromatic heterocycles. The predicted molar refractivity (Wildman–Crippen MR) is 88.0 cm³/mol. The molecule has 6 heteroatoms. The molecule has 116 valence electrons. The maximum Gasteiger partial charge on any atom is 0.324 e. The molecule has 3 nitrogen and oxygen atoms in total. The highest BCUT2D eigenvalue weighted by molar-refractivity contribution is 9.10. The normalized spacial score (nSPS) is 11.8. The second-order valence-electron chi connectivity index (χ2n) is 4.43. The first-order chi connectivity index (χ1) is 10.5. The lowest BCUT2D eigenvalue weighted by Crippen LogP contribution is -2.20. The third-order valence-electron chi connectivity index (χ3n) is 2.81. The van der Waals surface area contributed by atoms with Gasteiger partial charge in [0.1, 0.15) is 11.0 Å². The van der Waals surface area contributed by atoms with Crippen molar-refractivity contribution in [2.75, 3.05) is 7.11 Å². The topological polar surface area (TPSA) is 35.5 Å². The summed E-state index contributed by atoms with van der Waals surface area (Å²) in [6.07, 6.45) is 0. The van der Waals surface area contributed by atoms with Crippen molar-refractivity contribution in [2.45, 2.75) is 17.1 Å². The lowest BCUT2D eigenvalue weighted by Gasteiger charge is -2.12. The number of carbonyl (C=O) groups excluding carboxylic acids is 1. The largest absolute Gasteiger partial charge is 0.497 e. The summed E-state index contributed by atoms with van der Waals surface area (Å²) in [6, 6.07) is 11.6. The van der Waals surface area contributed by atoms with Gasteiger partial charge in [0.15, 0.2) is 11.6 Å². The zero-order valence-corrected chi connectivity index (χ0v) is 14.4. The molecule has 0 amide bonds. The maximum atomic E-state index is 13.7. The zero-order valence-electron chi connectivity index (χ0n) is 12.0. The lowest BCUT2D eigenvalue weighted by molar-refractivity contribution is -0.133. The zero-order chi connectivity index (χ0) is 16.1. The molecule has 0 aliphatic heterocycles. The van der Waals surface area contributed by atoms with Gasteiger partial charge in [-0.05, 0) is 49.4 Å². The van der Waals surface area contributed by atoms with Gasteiger partial charge in [0.25, 0.3) is 0 Å². The Morgan fingerprint density at radius 2 is 1.91 bits per heavy atom. The van der Waals surface area contributed by atoms with E-state index in [9.17, 15) is 9.18 Å². The number of hydrogen-bond donors (Lipinski definition) is 0. The summed E-state index contributed by atoms with van der Waals surface area (Å²) in [7, 11) is 1.59. The second-order valence-corrected chi connectivity index (χ2v) is 6.76. The van der Waals surface area contributed by atoms with Crippen molar-refractivity contribution in [3.05, 3.63) is 52.8 Å². The van der Waals surface area contributed by atoms with Gasteiger partial charge in [-0.15, -0.1) is 11.8 Å². The van der Waals surface area contributed by atoms with Crippen LogP contribution in [0.4, 0.5) is 4.39 Å². The van der Waals surface area contributed by atoms with Crippen molar-refractivity contribution >= 4 is 33.7 Å². The first kappa shape index (κ1) is 16.8. The van der Waals surface area contributed by atoms with Gasteiger partial charge in [-0.3, -0.25) is 4.79 Å². The van der Waals surface area contributed by atoms with E-state index in [1.165, 1.54) is 23.9 Å². The van der Waals surface area contributed by atoms with Crippen LogP contribution in [0.25, 0.3) is 0 Å². The van der Waals surface area contributed by atoms with Gasteiger partial charge in [-0.1, -0.05) is 15.9 Å². The third kappa shape index (κ3) is 4.48. The molecule has 0 bridgehead atoms. The Balaban J connectivity index is 1.99. The molecular formula is C16H14BrFO3S. The Morgan fingerprint density at radius 1 is 1.23 bits per heavy atom. The predicted octanol–water partition coefficient (Wildman–Crippen LogP) is 4.68. The van der Waals surface area contributed by atoms with Crippen LogP contribution in [0.3, 0.4) is 0 Å². The van der Waals surface area contributed by atoms with Gasteiger partial charge < -0.3 is 9.47 Å². The molecule has 2 aromatic rings. The van der Waals surface area contributed by atoms with Gasteiger partial charge in [0.05, 0.1) is 7.11 Å². The molecule has 0 aliphatic carbocycles. The number of halogens is 2. The minimum absolute atomic E-state index is 0.0737. The highest BCUT2D eigenvalue weighted by atomic mass is 79.9. The molecule has 1 atom stereocenters. The number of benzene rings is 2. The standard InChI is InChI=1S/C16H14BrFO3S/c1-10(22-13-6-4-12(20-2)5-7-13)16(19)21-15-8-3-11(17)9-14(15)18/h3-10H,1-2H3. The van der Waals surface area contributed by atoms with E-state index in [4.69, 9.17) is 9.47 Å². The van der Waals surface area contributed by atoms with Gasteiger partial charge in [0, 0.05) is 9.37 Å². The van der Waals surface area contributed by atoms with E-state index in [1.807, 2.05) is 24.3 Å². The number of thioether (sulfide) groups is 1. The van der Waals surface area contributed by atoms with Crippen molar-refractivity contribution in [1.82, 2.24) is 0 Å². The molecule has 0 spiro atoms. The van der Waals surface area contributed by atoms with Crippen LogP contribution in [-0.4, -0.2) is 18.3 Å². The number of methoxy groups -OCH3 is 1. The van der Waals surface area contributed by atoms with Gasteiger partial charge >= 0.3 is 5.97 Å². The van der Waals surface area contributed by atoms with Crippen LogP contribution in [0, 0.1) is 5.82 Å². The second kappa shape index (κ2) is 7.65. The molecule has 0 radical (unpaired) electrons. The summed E-state index contributed by atoms with van der Waals surface area (Å²) in [5.41, 5.74) is 0. The van der Waals surface area contributed by atoms with Crippen LogP contribution in [0.2, 0.25) is 0 Å². The van der Waals surface area contributed by atoms with Crippen molar-refractivity contribution in [3.8, 4) is 11.5 Å². The summed E-state index contributed by atoms with van der Waals surface area (Å²) in [5.74, 6) is -0.404. The Hall–Kier alpha value is -1.53. The van der Waals surface area contributed by atoms with Crippen LogP contribution in [0.1, 0.15) is 6.92 Å². The summed E-state index contributed by atoms with van der Waals surface area (Å²) >= 11 is 4.49. The Morgan fingerprint density at radius 3 is 2.50 bits per heavy atom. The maximum absolute atomic E-state index is 13.7. The minimum atomic E-state index is -0.579. The van der Waals surface area contributed by atoms with E-state index < -0.39 is 17.0 Å². The Labute approximate surface area is 140 Å². The summed E-state index contributed by atoms with van der Waals surface area (Å²) in [6.45, 7) is 1.72. The Bertz CT molecular complexity index is 661. The fourth-order valence-corrected chi connectivity index (χ4v) is 2.83. The number of carbonyl (C=O) groups is 1. The summed E-state index contributed by atoms with van der Waals surface area (Å²) < 4.78 is 24.4. The van der Waals surface area contributed by atoms with E-state index in [2.05, 4.69) is 15.9 Å². The molecule has 2 aromatic carbocycles. The van der Waals surface area contributed by atoms with E-state index in [0.29, 0.717) is 4.47 Å². The number of esters is 1. The lowest BCUT2D eigenvalue weighted by atomic mass is 10.3. The van der Waals surface area contributed by atoms with E-state index in [0.717, 1.165) is 10.6 Å². The van der Waals surface area contributed by atoms with Crippen molar-refractivity contribution < 1.29 is 18.7 Å². The molecular weight excluding hydrogens is 371 g/mol. The number of rotatable bonds is 5. The van der Waals surface area contributed by atoms with Gasteiger partial charge in [-0.2, -0.15) is 0 Å². The number of ether oxygens (including phenoxy) is 2. The monoisotopic (exact) mass is 384 g/mol. The highest BCUT2D eigenvalue weighted by Crippen LogP contribution is 2.27. The quantitative estimate of drug-likeness (QED) is 0.425. The molecule has 0 heterocycles. The average molecular weight is 385 g/mol. The van der Waals surface area contributed by atoms with Crippen LogP contribution in [0.5, 0.6) is 11.5 Å². The average Bonchev–Trinajstić information content (AvgIpc) is 2.50. The molecule has 0 fully saturated rings. The van der Waals surface area contributed by atoms with Gasteiger partial charge in [0.2, 0.25) is 0 Å². The highest BCUT2D eigenvalue weighted by Gasteiger charge is 2.18. The van der Waals surface area contributed by atoms with Crippen molar-refractivity contribution in [2.24, 2.45) is 0 Å². The molecule has 1 unspecified atom stereocenters. The first-order valence-corrected chi connectivity index (χ1v) is 8.14. The van der Waals surface area contributed by atoms with Crippen molar-refractivity contribution in [3.63, 3.8) is 0 Å². The molecule has 22 heavy (non-hydrogen) atoms. The van der Waals surface area contributed by atoms with Gasteiger partial charge in [-0.25, -0.2) is 4.39 Å². The molecule has 0 N–H and O–H groups in total.